The van der Waals surface area contributed by atoms with Gasteiger partial charge in [0.25, 0.3) is 0 Å². The Morgan fingerprint density at radius 2 is 1.01 bits per heavy atom. The molecule has 0 heterocycles. The Hall–Kier alpha value is -2.99. The number of thioether (sulfide) groups is 1. The maximum absolute atomic E-state index is 12.9. The third-order valence-electron chi connectivity index (χ3n) is 11.8. The first kappa shape index (κ1) is 66.0. The van der Waals surface area contributed by atoms with Gasteiger partial charge in [-0.25, -0.2) is 0 Å². The van der Waals surface area contributed by atoms with Gasteiger partial charge in [-0.3, -0.25) is 28.8 Å². The molecule has 0 rings (SSSR count). The summed E-state index contributed by atoms with van der Waals surface area (Å²) < 4.78 is 22.1. The molecule has 4 amide bonds. The van der Waals surface area contributed by atoms with Crippen molar-refractivity contribution in [1.82, 2.24) is 16.0 Å². The van der Waals surface area contributed by atoms with Crippen LogP contribution in [0.25, 0.3) is 0 Å². The van der Waals surface area contributed by atoms with Crippen LogP contribution >= 0.6 is 11.8 Å². The van der Waals surface area contributed by atoms with Crippen LogP contribution in [0.3, 0.4) is 0 Å². The summed E-state index contributed by atoms with van der Waals surface area (Å²) >= 11 is 1.35. The molecule has 0 bridgehead atoms. The van der Waals surface area contributed by atoms with E-state index in [0.717, 1.165) is 38.5 Å². The van der Waals surface area contributed by atoms with Crippen LogP contribution in [0.1, 0.15) is 213 Å². The third kappa shape index (κ3) is 45.9. The van der Waals surface area contributed by atoms with E-state index in [0.29, 0.717) is 31.4 Å². The number of aliphatic hydroxyl groups excluding tert-OH is 1. The van der Waals surface area contributed by atoms with Crippen LogP contribution in [0.5, 0.6) is 0 Å². The van der Waals surface area contributed by atoms with Gasteiger partial charge in [0.1, 0.15) is 12.1 Å². The van der Waals surface area contributed by atoms with Crippen molar-refractivity contribution in [2.24, 2.45) is 11.5 Å². The van der Waals surface area contributed by atoms with Crippen molar-refractivity contribution in [1.29, 1.82) is 0 Å². The average Bonchev–Trinajstić information content (AvgIpc) is 3.33. The highest BCUT2D eigenvalue weighted by molar-refractivity contribution is 7.99. The molecule has 0 saturated carbocycles. The highest BCUT2D eigenvalue weighted by atomic mass is 32.2. The summed E-state index contributed by atoms with van der Waals surface area (Å²) in [5.74, 6) is -2.10. The van der Waals surface area contributed by atoms with Gasteiger partial charge in [-0.05, 0) is 25.7 Å². The van der Waals surface area contributed by atoms with Crippen molar-refractivity contribution in [2.45, 2.75) is 231 Å². The fourth-order valence-corrected chi connectivity index (χ4v) is 8.61. The molecule has 0 aliphatic rings. The standard InChI is InChI=1S/C52H99N5O11S/c1-3-5-7-9-11-13-15-17-19-21-23-25-27-31-49(61)67-35-29-30-44(68-50(62)32-28-26-24-22-20-18-16-14-12-10-8-6-4-2)42-69-43-45(53)51(63)57-46(41-58)52(64)55-34-37-66-39-38-65-36-33-48(60)56-40-47(54)59/h44-46,58H,3-43,53H2,1-2H3,(H2,54,59)(H,55,64)(H,56,60)(H,57,63)/t44-,45+,46+/m1/s1. The molecule has 3 atom stereocenters. The molecule has 404 valence electrons. The first-order chi connectivity index (χ1) is 33.5. The third-order valence-corrected chi connectivity index (χ3v) is 13.0. The van der Waals surface area contributed by atoms with Gasteiger partial charge >= 0.3 is 11.9 Å². The number of nitrogens with one attached hydrogen (secondary N) is 3. The summed E-state index contributed by atoms with van der Waals surface area (Å²) in [6, 6.07) is -2.22. The maximum Gasteiger partial charge on any atom is 0.306 e. The van der Waals surface area contributed by atoms with Crippen LogP contribution in [0.4, 0.5) is 0 Å². The van der Waals surface area contributed by atoms with Crippen molar-refractivity contribution in [3.63, 3.8) is 0 Å². The van der Waals surface area contributed by atoms with Crippen molar-refractivity contribution in [2.75, 3.05) is 64.2 Å². The van der Waals surface area contributed by atoms with Crippen LogP contribution in [0.15, 0.2) is 0 Å². The summed E-state index contributed by atoms with van der Waals surface area (Å²) in [6.07, 6.45) is 33.4. The molecule has 69 heavy (non-hydrogen) atoms. The molecule has 0 unspecified atom stereocenters. The molecule has 8 N–H and O–H groups in total. The normalized spacial score (nSPS) is 12.5. The van der Waals surface area contributed by atoms with E-state index in [9.17, 15) is 33.9 Å². The Morgan fingerprint density at radius 1 is 0.536 bits per heavy atom. The number of primary amides is 1. The van der Waals surface area contributed by atoms with E-state index in [1.54, 1.807) is 0 Å². The van der Waals surface area contributed by atoms with Gasteiger partial charge in [0, 0.05) is 37.3 Å². The van der Waals surface area contributed by atoms with Crippen molar-refractivity contribution < 1.29 is 52.8 Å². The minimum absolute atomic E-state index is 0.0645. The molecule has 0 aliphatic heterocycles. The molecule has 17 heteroatoms. The van der Waals surface area contributed by atoms with Gasteiger partial charge in [0.05, 0.1) is 52.2 Å². The first-order valence-electron chi connectivity index (χ1n) is 27.1. The smallest absolute Gasteiger partial charge is 0.306 e. The highest BCUT2D eigenvalue weighted by Crippen LogP contribution is 2.17. The molecule has 0 spiro atoms. The van der Waals surface area contributed by atoms with E-state index in [1.165, 1.54) is 140 Å². The number of hydrogen-bond donors (Lipinski definition) is 6. The van der Waals surface area contributed by atoms with Gasteiger partial charge in [-0.1, -0.05) is 168 Å². The molecular weight excluding hydrogens is 903 g/mol. The summed E-state index contributed by atoms with van der Waals surface area (Å²) in [6.45, 7) is 4.67. The number of carbonyl (C=O) groups excluding carboxylic acids is 6. The number of unbranched alkanes of at least 4 members (excludes halogenated alkanes) is 24. The van der Waals surface area contributed by atoms with Crippen LogP contribution < -0.4 is 27.4 Å². The lowest BCUT2D eigenvalue weighted by molar-refractivity contribution is -0.149. The van der Waals surface area contributed by atoms with Crippen LogP contribution in [0, 0.1) is 0 Å². The largest absolute Gasteiger partial charge is 0.466 e. The van der Waals surface area contributed by atoms with Crippen LogP contribution in [-0.2, 0) is 47.7 Å². The lowest BCUT2D eigenvalue weighted by atomic mass is 10.0. The minimum atomic E-state index is -1.22. The summed E-state index contributed by atoms with van der Waals surface area (Å²) in [4.78, 5) is 73.2. The van der Waals surface area contributed by atoms with Gasteiger partial charge in [0.2, 0.25) is 23.6 Å². The molecule has 0 radical (unpaired) electrons. The second-order valence-corrected chi connectivity index (χ2v) is 19.4. The number of aliphatic hydroxyl groups is 1. The fraction of sp³-hybridized carbons (Fsp3) is 0.885. The molecule has 16 nitrogen and oxygen atoms in total. The molecular formula is C52H99N5O11S. The average molecular weight is 1000 g/mol. The SMILES string of the molecule is CCCCCCCCCCCCCCCC(=O)OCCC[C@H](CSC[C@H](N)C(=O)N[C@@H](CO)C(=O)NCCOCCOCCC(=O)NCC(N)=O)OC(=O)CCCCCCCCCCCCCCC. The van der Waals surface area contributed by atoms with Crippen LogP contribution in [0.2, 0.25) is 0 Å². The Kier molecular flexibility index (Phi) is 47.8. The molecule has 0 aliphatic carbocycles. The zero-order valence-corrected chi connectivity index (χ0v) is 44.1. The van der Waals surface area contributed by atoms with E-state index in [-0.39, 0.29) is 76.1 Å². The van der Waals surface area contributed by atoms with E-state index >= 15 is 0 Å². The zero-order valence-electron chi connectivity index (χ0n) is 43.3. The second-order valence-electron chi connectivity index (χ2n) is 18.4. The lowest BCUT2D eigenvalue weighted by Crippen LogP contribution is -2.54. The number of carbonyl (C=O) groups is 6. The Bertz CT molecular complexity index is 1280. The lowest BCUT2D eigenvalue weighted by Gasteiger charge is -2.20. The van der Waals surface area contributed by atoms with Gasteiger partial charge in [-0.2, -0.15) is 11.8 Å². The number of ether oxygens (including phenoxy) is 4. The Labute approximate surface area is 421 Å². The Balaban J connectivity index is 4.65. The van der Waals surface area contributed by atoms with E-state index in [1.807, 2.05) is 0 Å². The van der Waals surface area contributed by atoms with E-state index < -0.39 is 42.5 Å². The van der Waals surface area contributed by atoms with Gasteiger partial charge < -0.3 is 51.5 Å². The molecule has 0 aromatic heterocycles. The predicted octanol–water partition coefficient (Wildman–Crippen LogP) is 7.86. The quantitative estimate of drug-likeness (QED) is 0.0251. The number of amides is 4. The van der Waals surface area contributed by atoms with Crippen LogP contribution in [-0.4, -0.2) is 123 Å². The second kappa shape index (κ2) is 50.0. The Morgan fingerprint density at radius 3 is 1.51 bits per heavy atom. The zero-order chi connectivity index (χ0) is 50.8. The number of esters is 2. The number of rotatable bonds is 52. The van der Waals surface area contributed by atoms with E-state index in [2.05, 4.69) is 29.8 Å². The number of nitrogens with two attached hydrogens (primary N) is 2. The van der Waals surface area contributed by atoms with E-state index in [4.69, 9.17) is 30.4 Å². The first-order valence-corrected chi connectivity index (χ1v) is 28.3. The van der Waals surface area contributed by atoms with Gasteiger partial charge in [-0.15, -0.1) is 0 Å². The topological polar surface area (TPSA) is 248 Å². The fourth-order valence-electron chi connectivity index (χ4n) is 7.57. The van der Waals surface area contributed by atoms with Crippen molar-refractivity contribution >= 4 is 47.3 Å². The highest BCUT2D eigenvalue weighted by Gasteiger charge is 2.24. The molecule has 0 aromatic carbocycles. The molecule has 0 aromatic rings. The minimum Gasteiger partial charge on any atom is -0.466 e. The monoisotopic (exact) mass is 1000 g/mol. The summed E-state index contributed by atoms with van der Waals surface area (Å²) in [5.41, 5.74) is 11.2. The summed E-state index contributed by atoms with van der Waals surface area (Å²) in [5, 5.41) is 17.3. The molecule has 0 saturated heterocycles. The summed E-state index contributed by atoms with van der Waals surface area (Å²) in [7, 11) is 0. The predicted molar refractivity (Wildman–Crippen MR) is 276 cm³/mol. The molecule has 0 fully saturated rings. The van der Waals surface area contributed by atoms with Crippen molar-refractivity contribution in [3.05, 3.63) is 0 Å². The van der Waals surface area contributed by atoms with Gasteiger partial charge in [0.15, 0.2) is 0 Å². The van der Waals surface area contributed by atoms with Crippen molar-refractivity contribution in [3.8, 4) is 0 Å². The number of hydrogen-bond acceptors (Lipinski definition) is 13. The maximum atomic E-state index is 12.9.